The highest BCUT2D eigenvalue weighted by Crippen LogP contribution is 2.27. The number of furan rings is 1. The van der Waals surface area contributed by atoms with Crippen molar-refractivity contribution in [2.45, 2.75) is 47.1 Å². The first kappa shape index (κ1) is 21.5. The van der Waals surface area contributed by atoms with Crippen molar-refractivity contribution in [1.82, 2.24) is 9.55 Å². The van der Waals surface area contributed by atoms with Gasteiger partial charge in [-0.2, -0.15) is 0 Å². The van der Waals surface area contributed by atoms with Gasteiger partial charge >= 0.3 is 11.6 Å². The van der Waals surface area contributed by atoms with Gasteiger partial charge in [0, 0.05) is 11.5 Å². The fourth-order valence-corrected chi connectivity index (χ4v) is 4.03. The number of ether oxygens (including phenoxy) is 1. The van der Waals surface area contributed by atoms with Crippen molar-refractivity contribution in [1.29, 1.82) is 0 Å². The molecule has 0 aliphatic rings. The number of fused-ring (bicyclic) bond motifs is 2. The lowest BCUT2D eigenvalue weighted by Crippen LogP contribution is -2.23. The number of benzene rings is 1. The third-order valence-electron chi connectivity index (χ3n) is 5.51. The Bertz CT molecular complexity index is 1470. The van der Waals surface area contributed by atoms with E-state index in [0.717, 1.165) is 16.5 Å². The molecule has 0 aliphatic heterocycles. The molecule has 3 aromatic heterocycles. The zero-order chi connectivity index (χ0) is 23.2. The molecule has 0 unspecified atom stereocenters. The quantitative estimate of drug-likeness (QED) is 0.343. The minimum atomic E-state index is -0.636. The van der Waals surface area contributed by atoms with Crippen LogP contribution < -0.4 is 11.2 Å². The second-order valence-corrected chi connectivity index (χ2v) is 8.06. The molecule has 4 aromatic rings. The summed E-state index contributed by atoms with van der Waals surface area (Å²) in [4.78, 5) is 42.1. The average Bonchev–Trinajstić information content (AvgIpc) is 3.06. The molecule has 4 rings (SSSR count). The first-order valence-corrected chi connectivity index (χ1v) is 10.4. The predicted octanol–water partition coefficient (Wildman–Crippen LogP) is 4.06. The molecule has 8 nitrogen and oxygen atoms in total. The van der Waals surface area contributed by atoms with Gasteiger partial charge in [-0.1, -0.05) is 13.8 Å². The molecule has 0 N–H and O–H groups in total. The summed E-state index contributed by atoms with van der Waals surface area (Å²) in [5.41, 5.74) is 2.43. The number of carbonyl (C=O) groups is 1. The van der Waals surface area contributed by atoms with Crippen LogP contribution in [0.15, 0.2) is 42.9 Å². The van der Waals surface area contributed by atoms with E-state index in [0.29, 0.717) is 11.1 Å². The van der Waals surface area contributed by atoms with Crippen molar-refractivity contribution >= 4 is 28.0 Å². The van der Waals surface area contributed by atoms with Crippen LogP contribution in [0.3, 0.4) is 0 Å². The molecule has 1 aromatic carbocycles. The standard InChI is InChI=1S/C24H24N2O6/c1-6-30-24(29)20-14(5)31-22-21(20)23(28)26(11-25-22)10-15-8-19(27)32-18-7-13(4)16(12(2)3)9-17(15)18/h7-9,11-12H,6,10H2,1-5H3. The second kappa shape index (κ2) is 8.11. The third kappa shape index (κ3) is 3.62. The molecular weight excluding hydrogens is 412 g/mol. The first-order valence-electron chi connectivity index (χ1n) is 10.4. The maximum atomic E-state index is 13.3. The fourth-order valence-electron chi connectivity index (χ4n) is 4.03. The number of esters is 1. The molecule has 0 saturated carbocycles. The molecule has 0 fully saturated rings. The molecule has 0 bridgehead atoms. The van der Waals surface area contributed by atoms with Crippen LogP contribution in [0.5, 0.6) is 0 Å². The zero-order valence-electron chi connectivity index (χ0n) is 18.6. The SMILES string of the molecule is CCOC(=O)c1c(C)oc2ncn(Cc3cc(=O)oc4cc(C)c(C(C)C)cc34)c(=O)c12. The number of carbonyl (C=O) groups excluding carboxylic acids is 1. The van der Waals surface area contributed by atoms with Crippen LogP contribution in [-0.2, 0) is 11.3 Å². The summed E-state index contributed by atoms with van der Waals surface area (Å²) in [5, 5.41) is 0.814. The smallest absolute Gasteiger partial charge is 0.342 e. The van der Waals surface area contributed by atoms with E-state index in [2.05, 4.69) is 18.8 Å². The highest BCUT2D eigenvalue weighted by molar-refractivity contribution is 6.03. The maximum Gasteiger partial charge on any atom is 0.342 e. The largest absolute Gasteiger partial charge is 0.462 e. The molecule has 32 heavy (non-hydrogen) atoms. The number of hydrogen-bond acceptors (Lipinski definition) is 7. The zero-order valence-corrected chi connectivity index (χ0v) is 18.6. The highest BCUT2D eigenvalue weighted by atomic mass is 16.5. The summed E-state index contributed by atoms with van der Waals surface area (Å²) in [6, 6.07) is 5.22. The summed E-state index contributed by atoms with van der Waals surface area (Å²) in [5.74, 6) is -0.0899. The van der Waals surface area contributed by atoms with Crippen LogP contribution in [0.4, 0.5) is 0 Å². The first-order chi connectivity index (χ1) is 15.2. The molecule has 0 amide bonds. The van der Waals surface area contributed by atoms with Gasteiger partial charge in [0.2, 0.25) is 5.71 Å². The maximum absolute atomic E-state index is 13.3. The van der Waals surface area contributed by atoms with Gasteiger partial charge in [-0.25, -0.2) is 14.6 Å². The molecule has 0 aliphatic carbocycles. The number of rotatable bonds is 5. The van der Waals surface area contributed by atoms with Crippen LogP contribution in [-0.4, -0.2) is 22.1 Å². The van der Waals surface area contributed by atoms with Crippen molar-refractivity contribution in [2.24, 2.45) is 0 Å². The van der Waals surface area contributed by atoms with Crippen molar-refractivity contribution in [3.05, 3.63) is 73.3 Å². The van der Waals surface area contributed by atoms with Crippen molar-refractivity contribution in [3.63, 3.8) is 0 Å². The van der Waals surface area contributed by atoms with E-state index in [1.807, 2.05) is 19.1 Å². The monoisotopic (exact) mass is 436 g/mol. The Kier molecular flexibility index (Phi) is 5.46. The molecule has 0 saturated heterocycles. The van der Waals surface area contributed by atoms with E-state index in [1.54, 1.807) is 13.8 Å². The normalized spacial score (nSPS) is 11.6. The Balaban J connectivity index is 1.90. The van der Waals surface area contributed by atoms with Gasteiger partial charge in [0.05, 0.1) is 13.2 Å². The Morgan fingerprint density at radius 3 is 2.59 bits per heavy atom. The lowest BCUT2D eigenvalue weighted by molar-refractivity contribution is 0.0526. The van der Waals surface area contributed by atoms with Crippen LogP contribution in [0, 0.1) is 13.8 Å². The topological polar surface area (TPSA) is 105 Å². The van der Waals surface area contributed by atoms with Gasteiger partial charge in [0.1, 0.15) is 28.6 Å². The van der Waals surface area contributed by atoms with E-state index >= 15 is 0 Å². The number of aryl methyl sites for hydroxylation is 2. The molecule has 166 valence electrons. The lowest BCUT2D eigenvalue weighted by atomic mass is 9.95. The van der Waals surface area contributed by atoms with Crippen molar-refractivity contribution < 1.29 is 18.4 Å². The van der Waals surface area contributed by atoms with Crippen molar-refractivity contribution in [2.75, 3.05) is 6.61 Å². The van der Waals surface area contributed by atoms with Gasteiger partial charge < -0.3 is 13.6 Å². The summed E-state index contributed by atoms with van der Waals surface area (Å²) in [6.07, 6.45) is 1.35. The van der Waals surface area contributed by atoms with Gasteiger partial charge in [0.15, 0.2) is 0 Å². The molecule has 0 atom stereocenters. The lowest BCUT2D eigenvalue weighted by Gasteiger charge is -2.13. The highest BCUT2D eigenvalue weighted by Gasteiger charge is 2.24. The second-order valence-electron chi connectivity index (χ2n) is 8.06. The average molecular weight is 436 g/mol. The minimum Gasteiger partial charge on any atom is -0.462 e. The summed E-state index contributed by atoms with van der Waals surface area (Å²) < 4.78 is 17.3. The van der Waals surface area contributed by atoms with E-state index < -0.39 is 17.2 Å². The third-order valence-corrected chi connectivity index (χ3v) is 5.51. The summed E-state index contributed by atoms with van der Waals surface area (Å²) in [7, 11) is 0. The van der Waals surface area contributed by atoms with E-state index in [9.17, 15) is 14.4 Å². The van der Waals surface area contributed by atoms with E-state index in [1.165, 1.54) is 17.0 Å². The summed E-state index contributed by atoms with van der Waals surface area (Å²) >= 11 is 0. The van der Waals surface area contributed by atoms with Crippen LogP contribution in [0.2, 0.25) is 0 Å². The number of nitrogens with zero attached hydrogens (tertiary/aromatic N) is 2. The van der Waals surface area contributed by atoms with E-state index in [4.69, 9.17) is 13.6 Å². The van der Waals surface area contributed by atoms with Crippen LogP contribution in [0.25, 0.3) is 22.1 Å². The van der Waals surface area contributed by atoms with E-state index in [-0.39, 0.29) is 41.5 Å². The Morgan fingerprint density at radius 2 is 1.91 bits per heavy atom. The van der Waals surface area contributed by atoms with Gasteiger partial charge in [-0.15, -0.1) is 0 Å². The Morgan fingerprint density at radius 1 is 1.16 bits per heavy atom. The van der Waals surface area contributed by atoms with Crippen molar-refractivity contribution in [3.8, 4) is 0 Å². The molecule has 3 heterocycles. The molecule has 8 heteroatoms. The summed E-state index contributed by atoms with van der Waals surface area (Å²) in [6.45, 7) is 9.68. The molecule has 0 spiro atoms. The minimum absolute atomic E-state index is 0.0643. The van der Waals surface area contributed by atoms with Gasteiger partial charge in [0.25, 0.3) is 5.56 Å². The predicted molar refractivity (Wildman–Crippen MR) is 119 cm³/mol. The Hall–Kier alpha value is -3.68. The molecular formula is C24H24N2O6. The van der Waals surface area contributed by atoms with Crippen LogP contribution >= 0.6 is 0 Å². The number of hydrogen-bond donors (Lipinski definition) is 0. The van der Waals surface area contributed by atoms with Gasteiger partial charge in [-0.3, -0.25) is 9.36 Å². The van der Waals surface area contributed by atoms with Crippen LogP contribution in [0.1, 0.15) is 59.5 Å². The van der Waals surface area contributed by atoms with Gasteiger partial charge in [-0.05, 0) is 55.5 Å². The number of aromatic nitrogens is 2. The Labute approximate surface area is 183 Å². The molecule has 0 radical (unpaired) electrons. The fraction of sp³-hybridized carbons (Fsp3) is 0.333.